The summed E-state index contributed by atoms with van der Waals surface area (Å²) in [7, 11) is 0. The van der Waals surface area contributed by atoms with Gasteiger partial charge in [-0.05, 0) is 58.2 Å². The van der Waals surface area contributed by atoms with Crippen LogP contribution in [-0.4, -0.2) is 5.91 Å². The Kier molecular flexibility index (Phi) is 4.54. The first-order chi connectivity index (χ1) is 9.60. The van der Waals surface area contributed by atoms with E-state index in [1.165, 1.54) is 0 Å². The van der Waals surface area contributed by atoms with Crippen molar-refractivity contribution in [3.63, 3.8) is 0 Å². The number of rotatable bonds is 3. The number of benzene rings is 2. The van der Waals surface area contributed by atoms with Gasteiger partial charge in [-0.15, -0.1) is 0 Å². The largest absolute Gasteiger partial charge is 0.322 e. The zero-order valence-corrected chi connectivity index (χ0v) is 12.6. The average Bonchev–Trinajstić information content (AvgIpc) is 2.41. The molecule has 0 saturated heterocycles. The molecule has 1 N–H and O–H groups in total. The van der Waals surface area contributed by atoms with Crippen molar-refractivity contribution in [3.05, 3.63) is 63.6 Å². The predicted octanol–water partition coefficient (Wildman–Crippen LogP) is 4.08. The van der Waals surface area contributed by atoms with E-state index in [1.54, 1.807) is 18.2 Å². The van der Waals surface area contributed by atoms with Gasteiger partial charge in [0.05, 0.1) is 18.1 Å². The Balaban J connectivity index is 2.13. The normalized spacial score (nSPS) is 9.85. The fraction of sp³-hybridized carbons (Fsp3) is 0.125. The van der Waals surface area contributed by atoms with E-state index in [4.69, 9.17) is 5.26 Å². The van der Waals surface area contributed by atoms with Crippen LogP contribution in [0.2, 0.25) is 0 Å². The monoisotopic (exact) mass is 328 g/mol. The number of halogens is 1. The molecule has 0 atom stereocenters. The molecule has 0 aliphatic heterocycles. The van der Waals surface area contributed by atoms with Gasteiger partial charge in [-0.3, -0.25) is 4.79 Å². The molecule has 2 aromatic carbocycles. The molecule has 2 aromatic rings. The van der Waals surface area contributed by atoms with Gasteiger partial charge in [0, 0.05) is 10.2 Å². The lowest BCUT2D eigenvalue weighted by atomic mass is 10.1. The van der Waals surface area contributed by atoms with Gasteiger partial charge in [0.15, 0.2) is 0 Å². The van der Waals surface area contributed by atoms with Crippen LogP contribution in [0.5, 0.6) is 0 Å². The fourth-order valence-electron chi connectivity index (χ4n) is 1.80. The Morgan fingerprint density at radius 1 is 1.25 bits per heavy atom. The minimum absolute atomic E-state index is 0.162. The number of nitriles is 1. The molecular formula is C16H13BrN2O. The zero-order valence-electron chi connectivity index (χ0n) is 11.0. The summed E-state index contributed by atoms with van der Waals surface area (Å²) >= 11 is 3.40. The molecule has 3 nitrogen and oxygen atoms in total. The summed E-state index contributed by atoms with van der Waals surface area (Å²) in [5.41, 5.74) is 3.33. The third-order valence-corrected chi connectivity index (χ3v) is 3.52. The highest BCUT2D eigenvalue weighted by atomic mass is 79.9. The van der Waals surface area contributed by atoms with Gasteiger partial charge < -0.3 is 5.32 Å². The first kappa shape index (κ1) is 14.3. The number of nitrogens with zero attached hydrogens (tertiary/aromatic N) is 1. The molecule has 20 heavy (non-hydrogen) atoms. The second-order valence-corrected chi connectivity index (χ2v) is 5.32. The molecule has 0 heterocycles. The third-order valence-electron chi connectivity index (χ3n) is 2.86. The summed E-state index contributed by atoms with van der Waals surface area (Å²) < 4.78 is 0.774. The second-order valence-electron chi connectivity index (χ2n) is 4.47. The van der Waals surface area contributed by atoms with Crippen LogP contribution in [0.4, 0.5) is 5.69 Å². The van der Waals surface area contributed by atoms with Crippen molar-refractivity contribution in [2.75, 3.05) is 5.32 Å². The van der Waals surface area contributed by atoms with Crippen molar-refractivity contribution < 1.29 is 4.79 Å². The SMILES string of the molecule is Cc1ccc(C(=O)Nc2ccc(CC#N)cc2)c(Br)c1. The summed E-state index contributed by atoms with van der Waals surface area (Å²) in [6, 6.07) is 15.0. The fourth-order valence-corrected chi connectivity index (χ4v) is 2.47. The van der Waals surface area contributed by atoms with Crippen molar-refractivity contribution in [2.24, 2.45) is 0 Å². The van der Waals surface area contributed by atoms with Gasteiger partial charge in [-0.1, -0.05) is 18.2 Å². The molecule has 0 aliphatic rings. The molecule has 0 unspecified atom stereocenters. The maximum Gasteiger partial charge on any atom is 0.256 e. The van der Waals surface area contributed by atoms with Crippen molar-refractivity contribution in [1.82, 2.24) is 0 Å². The van der Waals surface area contributed by atoms with Gasteiger partial charge in [0.25, 0.3) is 5.91 Å². The average molecular weight is 329 g/mol. The van der Waals surface area contributed by atoms with E-state index in [0.29, 0.717) is 17.7 Å². The number of hydrogen-bond acceptors (Lipinski definition) is 2. The number of carbonyl (C=O) groups is 1. The molecule has 2 rings (SSSR count). The Labute approximate surface area is 126 Å². The summed E-state index contributed by atoms with van der Waals surface area (Å²) in [6.07, 6.45) is 0.373. The highest BCUT2D eigenvalue weighted by Crippen LogP contribution is 2.20. The van der Waals surface area contributed by atoms with Gasteiger partial charge in [0.1, 0.15) is 0 Å². The molecule has 100 valence electrons. The van der Waals surface area contributed by atoms with Gasteiger partial charge in [0.2, 0.25) is 0 Å². The van der Waals surface area contributed by atoms with Crippen molar-refractivity contribution in [3.8, 4) is 6.07 Å². The summed E-state index contributed by atoms with van der Waals surface area (Å²) in [6.45, 7) is 1.97. The maximum absolute atomic E-state index is 12.2. The Morgan fingerprint density at radius 2 is 1.95 bits per heavy atom. The number of nitrogens with one attached hydrogen (secondary N) is 1. The van der Waals surface area contributed by atoms with Crippen LogP contribution in [0.15, 0.2) is 46.9 Å². The Morgan fingerprint density at radius 3 is 2.55 bits per heavy atom. The molecule has 0 spiro atoms. The Bertz CT molecular complexity index is 672. The number of carbonyl (C=O) groups excluding carboxylic acids is 1. The molecule has 4 heteroatoms. The molecule has 0 radical (unpaired) electrons. The Hall–Kier alpha value is -2.12. The van der Waals surface area contributed by atoms with E-state index in [0.717, 1.165) is 15.6 Å². The van der Waals surface area contributed by atoms with Crippen LogP contribution in [0.25, 0.3) is 0 Å². The number of aryl methyl sites for hydroxylation is 1. The number of anilines is 1. The van der Waals surface area contributed by atoms with E-state index in [1.807, 2.05) is 31.2 Å². The molecule has 0 fully saturated rings. The van der Waals surface area contributed by atoms with Crippen LogP contribution < -0.4 is 5.32 Å². The molecule has 1 amide bonds. The standard InChI is InChI=1S/C16H13BrN2O/c1-11-2-7-14(15(17)10-11)16(20)19-13-5-3-12(4-6-13)8-9-18/h2-7,10H,8H2,1H3,(H,19,20). The highest BCUT2D eigenvalue weighted by Gasteiger charge is 2.10. The summed E-state index contributed by atoms with van der Waals surface area (Å²) in [5.74, 6) is -0.162. The van der Waals surface area contributed by atoms with Crippen LogP contribution in [0.1, 0.15) is 21.5 Å². The molecule has 0 aromatic heterocycles. The van der Waals surface area contributed by atoms with Crippen LogP contribution in [0, 0.1) is 18.3 Å². The van der Waals surface area contributed by atoms with E-state index < -0.39 is 0 Å². The first-order valence-electron chi connectivity index (χ1n) is 6.13. The lowest BCUT2D eigenvalue weighted by molar-refractivity contribution is 0.102. The summed E-state index contributed by atoms with van der Waals surface area (Å²) in [5, 5.41) is 11.4. The van der Waals surface area contributed by atoms with Crippen LogP contribution >= 0.6 is 15.9 Å². The van der Waals surface area contributed by atoms with E-state index in [9.17, 15) is 4.79 Å². The first-order valence-corrected chi connectivity index (χ1v) is 6.93. The summed E-state index contributed by atoms with van der Waals surface area (Å²) in [4.78, 5) is 12.2. The van der Waals surface area contributed by atoms with Crippen LogP contribution in [0.3, 0.4) is 0 Å². The predicted molar refractivity (Wildman–Crippen MR) is 82.6 cm³/mol. The van der Waals surface area contributed by atoms with Crippen molar-refractivity contribution in [2.45, 2.75) is 13.3 Å². The molecular weight excluding hydrogens is 316 g/mol. The van der Waals surface area contributed by atoms with Crippen molar-refractivity contribution in [1.29, 1.82) is 5.26 Å². The quantitative estimate of drug-likeness (QED) is 0.923. The lowest BCUT2D eigenvalue weighted by Crippen LogP contribution is -2.12. The van der Waals surface area contributed by atoms with E-state index in [-0.39, 0.29) is 5.91 Å². The van der Waals surface area contributed by atoms with Gasteiger partial charge >= 0.3 is 0 Å². The molecule has 0 aliphatic carbocycles. The topological polar surface area (TPSA) is 52.9 Å². The van der Waals surface area contributed by atoms with Crippen molar-refractivity contribution >= 4 is 27.5 Å². The van der Waals surface area contributed by atoms with E-state index in [2.05, 4.69) is 27.3 Å². The van der Waals surface area contributed by atoms with Crippen LogP contribution in [-0.2, 0) is 6.42 Å². The smallest absolute Gasteiger partial charge is 0.256 e. The number of amides is 1. The maximum atomic E-state index is 12.2. The van der Waals surface area contributed by atoms with Gasteiger partial charge in [-0.25, -0.2) is 0 Å². The third kappa shape index (κ3) is 3.46. The lowest BCUT2D eigenvalue weighted by Gasteiger charge is -2.08. The molecule has 0 saturated carbocycles. The minimum Gasteiger partial charge on any atom is -0.322 e. The second kappa shape index (κ2) is 6.36. The highest BCUT2D eigenvalue weighted by molar-refractivity contribution is 9.10. The number of hydrogen-bond donors (Lipinski definition) is 1. The zero-order chi connectivity index (χ0) is 14.5. The van der Waals surface area contributed by atoms with Gasteiger partial charge in [-0.2, -0.15) is 5.26 Å². The minimum atomic E-state index is -0.162. The molecule has 0 bridgehead atoms. The van der Waals surface area contributed by atoms with E-state index >= 15 is 0 Å².